The van der Waals surface area contributed by atoms with Crippen LogP contribution in [0.1, 0.15) is 6.92 Å². The first-order valence-corrected chi connectivity index (χ1v) is 15.2. The zero-order chi connectivity index (χ0) is 28.5. The lowest BCUT2D eigenvalue weighted by atomic mass is 9.89. The van der Waals surface area contributed by atoms with Crippen molar-refractivity contribution in [2.45, 2.75) is 13.5 Å². The Morgan fingerprint density at radius 3 is 1.58 bits per heavy atom. The lowest BCUT2D eigenvalue weighted by molar-refractivity contribution is 0.827. The number of benzene rings is 8. The molecule has 9 aromatic rings. The third kappa shape index (κ3) is 3.52. The fourth-order valence-electron chi connectivity index (χ4n) is 7.42. The van der Waals surface area contributed by atoms with Crippen LogP contribution in [0.4, 0.5) is 0 Å². The number of nitrogens with zero attached hydrogens (tertiary/aromatic N) is 1. The van der Waals surface area contributed by atoms with Crippen molar-refractivity contribution in [3.05, 3.63) is 146 Å². The van der Waals surface area contributed by atoms with Crippen LogP contribution in [0.3, 0.4) is 0 Å². The van der Waals surface area contributed by atoms with Crippen LogP contribution in [-0.2, 0) is 6.54 Å². The predicted octanol–water partition coefficient (Wildman–Crippen LogP) is 11.8. The second-order valence-corrected chi connectivity index (χ2v) is 11.6. The van der Waals surface area contributed by atoms with Crippen molar-refractivity contribution in [3.63, 3.8) is 0 Å². The number of aryl methyl sites for hydroxylation is 1. The van der Waals surface area contributed by atoms with E-state index in [1.807, 2.05) is 0 Å². The van der Waals surface area contributed by atoms with Crippen molar-refractivity contribution in [2.75, 3.05) is 0 Å². The summed E-state index contributed by atoms with van der Waals surface area (Å²) in [5.41, 5.74) is 7.64. The Hall–Kier alpha value is -5.40. The molecule has 0 spiro atoms. The number of para-hydroxylation sites is 1. The van der Waals surface area contributed by atoms with Gasteiger partial charge in [0.1, 0.15) is 0 Å². The molecule has 0 N–H and O–H groups in total. The third-order valence-corrected chi connectivity index (χ3v) is 9.36. The second kappa shape index (κ2) is 9.31. The van der Waals surface area contributed by atoms with E-state index in [1.54, 1.807) is 0 Å². The van der Waals surface area contributed by atoms with E-state index >= 15 is 0 Å². The zero-order valence-electron chi connectivity index (χ0n) is 24.0. The number of hydrogen-bond donors (Lipinski definition) is 0. The van der Waals surface area contributed by atoms with E-state index in [0.29, 0.717) is 0 Å². The second-order valence-electron chi connectivity index (χ2n) is 11.6. The molecular formula is C42H29N. The molecule has 1 heterocycles. The van der Waals surface area contributed by atoms with Crippen molar-refractivity contribution < 1.29 is 0 Å². The average Bonchev–Trinajstić information content (AvgIpc) is 3.40. The van der Waals surface area contributed by atoms with E-state index in [-0.39, 0.29) is 0 Å². The van der Waals surface area contributed by atoms with Gasteiger partial charge in [0.05, 0.1) is 0 Å². The van der Waals surface area contributed by atoms with Crippen LogP contribution in [-0.4, -0.2) is 4.57 Å². The van der Waals surface area contributed by atoms with Gasteiger partial charge in [-0.15, -0.1) is 0 Å². The van der Waals surface area contributed by atoms with Gasteiger partial charge in [-0.2, -0.15) is 0 Å². The Morgan fingerprint density at radius 2 is 0.884 bits per heavy atom. The molecule has 0 bridgehead atoms. The quantitative estimate of drug-likeness (QED) is 0.194. The summed E-state index contributed by atoms with van der Waals surface area (Å²) >= 11 is 0. The van der Waals surface area contributed by atoms with Crippen LogP contribution in [0, 0.1) is 0 Å². The van der Waals surface area contributed by atoms with E-state index in [0.717, 1.165) is 6.54 Å². The standard InChI is InChI=1S/C42H29N/c1-2-43-41-19-11-10-18-36(41)40-25-38-35-21-20-28(24-37(35)33-16-8-9-17-34(33)39(38)26-42(40)43)30-23-22-29(27-12-4-3-5-13-27)31-14-6-7-15-32(30)31/h3-26H,2H2,1H3. The summed E-state index contributed by atoms with van der Waals surface area (Å²) in [7, 11) is 0. The van der Waals surface area contributed by atoms with Gasteiger partial charge in [0.25, 0.3) is 0 Å². The molecule has 9 rings (SSSR count). The molecule has 1 nitrogen and oxygen atoms in total. The minimum absolute atomic E-state index is 0.946. The number of hydrogen-bond acceptors (Lipinski definition) is 0. The maximum atomic E-state index is 2.45. The van der Waals surface area contributed by atoms with E-state index in [2.05, 4.69) is 157 Å². The van der Waals surface area contributed by atoms with Crippen molar-refractivity contribution in [2.24, 2.45) is 0 Å². The monoisotopic (exact) mass is 547 g/mol. The fourth-order valence-corrected chi connectivity index (χ4v) is 7.42. The lowest BCUT2D eigenvalue weighted by Crippen LogP contribution is -1.93. The SMILES string of the molecule is CCn1c2ccccc2c2cc3c4ccc(-c5ccc(-c6ccccc6)c6ccccc56)cc4c4ccccc4c3cc21. The summed E-state index contributed by atoms with van der Waals surface area (Å²) in [5, 5.41) is 13.1. The van der Waals surface area contributed by atoms with Gasteiger partial charge >= 0.3 is 0 Å². The molecule has 0 aliphatic carbocycles. The Labute approximate surface area is 250 Å². The average molecular weight is 548 g/mol. The third-order valence-electron chi connectivity index (χ3n) is 9.36. The van der Waals surface area contributed by atoms with Crippen LogP contribution in [0.2, 0.25) is 0 Å². The van der Waals surface area contributed by atoms with Gasteiger partial charge in [0.15, 0.2) is 0 Å². The van der Waals surface area contributed by atoms with Crippen molar-refractivity contribution in [3.8, 4) is 22.3 Å². The van der Waals surface area contributed by atoms with Gasteiger partial charge in [-0.1, -0.05) is 121 Å². The highest BCUT2D eigenvalue weighted by atomic mass is 15.0. The van der Waals surface area contributed by atoms with Gasteiger partial charge in [-0.25, -0.2) is 0 Å². The molecule has 0 saturated heterocycles. The maximum absolute atomic E-state index is 2.45. The first-order chi connectivity index (χ1) is 21.3. The Bertz CT molecular complexity index is 2530. The molecule has 0 radical (unpaired) electrons. The minimum atomic E-state index is 0.946. The Balaban J connectivity index is 1.35. The molecule has 8 aromatic carbocycles. The largest absolute Gasteiger partial charge is 0.341 e. The van der Waals surface area contributed by atoms with Crippen LogP contribution in [0.5, 0.6) is 0 Å². The van der Waals surface area contributed by atoms with Crippen LogP contribution < -0.4 is 0 Å². The van der Waals surface area contributed by atoms with Gasteiger partial charge in [-0.3, -0.25) is 0 Å². The number of fused-ring (bicyclic) bond motifs is 10. The maximum Gasteiger partial charge on any atom is 0.0497 e. The van der Waals surface area contributed by atoms with Crippen LogP contribution in [0.15, 0.2) is 146 Å². The van der Waals surface area contributed by atoms with E-state index in [9.17, 15) is 0 Å². The smallest absolute Gasteiger partial charge is 0.0497 e. The molecule has 0 aliphatic heterocycles. The summed E-state index contributed by atoms with van der Waals surface area (Å²) in [6, 6.07) is 53.8. The first-order valence-electron chi connectivity index (χ1n) is 15.2. The fraction of sp³-hybridized carbons (Fsp3) is 0.0476. The van der Waals surface area contributed by atoms with Gasteiger partial charge in [0.2, 0.25) is 0 Å². The van der Waals surface area contributed by atoms with Crippen molar-refractivity contribution in [1.82, 2.24) is 4.57 Å². The Kier molecular flexibility index (Phi) is 5.24. The topological polar surface area (TPSA) is 4.93 Å². The van der Waals surface area contributed by atoms with Gasteiger partial charge < -0.3 is 4.57 Å². The highest BCUT2D eigenvalue weighted by Gasteiger charge is 2.16. The van der Waals surface area contributed by atoms with Crippen LogP contribution >= 0.6 is 0 Å². The molecule has 0 unspecified atom stereocenters. The first kappa shape index (κ1) is 24.2. The summed E-state index contributed by atoms with van der Waals surface area (Å²) < 4.78 is 2.45. The van der Waals surface area contributed by atoms with Crippen molar-refractivity contribution >= 4 is 64.9 Å². The number of aromatic nitrogens is 1. The highest BCUT2D eigenvalue weighted by molar-refractivity contribution is 6.29. The molecule has 0 amide bonds. The van der Waals surface area contributed by atoms with Crippen LogP contribution in [0.25, 0.3) is 87.1 Å². The predicted molar refractivity (Wildman–Crippen MR) is 186 cm³/mol. The molecule has 1 heteroatoms. The molecule has 0 saturated carbocycles. The highest BCUT2D eigenvalue weighted by Crippen LogP contribution is 2.42. The molecular weight excluding hydrogens is 518 g/mol. The van der Waals surface area contributed by atoms with Crippen molar-refractivity contribution in [1.29, 1.82) is 0 Å². The van der Waals surface area contributed by atoms with Gasteiger partial charge in [-0.05, 0) is 96.5 Å². The molecule has 1 aromatic heterocycles. The molecule has 0 fully saturated rings. The molecule has 0 atom stereocenters. The Morgan fingerprint density at radius 1 is 0.349 bits per heavy atom. The van der Waals surface area contributed by atoms with Gasteiger partial charge in [0, 0.05) is 28.4 Å². The number of rotatable bonds is 3. The molecule has 202 valence electrons. The summed E-state index contributed by atoms with van der Waals surface area (Å²) in [6.45, 7) is 3.19. The minimum Gasteiger partial charge on any atom is -0.341 e. The zero-order valence-corrected chi connectivity index (χ0v) is 24.0. The van der Waals surface area contributed by atoms with E-state index in [1.165, 1.54) is 87.1 Å². The lowest BCUT2D eigenvalue weighted by Gasteiger charge is -2.15. The summed E-state index contributed by atoms with van der Waals surface area (Å²) in [5.74, 6) is 0. The normalized spacial score (nSPS) is 11.9. The van der Waals surface area contributed by atoms with E-state index < -0.39 is 0 Å². The summed E-state index contributed by atoms with van der Waals surface area (Å²) in [6.07, 6.45) is 0. The summed E-state index contributed by atoms with van der Waals surface area (Å²) in [4.78, 5) is 0. The molecule has 0 aliphatic rings. The molecule has 43 heavy (non-hydrogen) atoms. The van der Waals surface area contributed by atoms with E-state index in [4.69, 9.17) is 0 Å².